The second-order valence-electron chi connectivity index (χ2n) is 5.82. The van der Waals surface area contributed by atoms with Gasteiger partial charge in [-0.05, 0) is 19.9 Å². The van der Waals surface area contributed by atoms with Crippen LogP contribution in [0.5, 0.6) is 0 Å². The van der Waals surface area contributed by atoms with Gasteiger partial charge in [-0.2, -0.15) is 41.3 Å². The summed E-state index contributed by atoms with van der Waals surface area (Å²) in [5, 5.41) is 3.61. The standard InChI is InChI=1S/C14H13Cl2F6N7/c1-4(13(17,18)19)24-11-27-10(7-3-6(15)8(23)9(16)26-7)28-12(29-11)25-5(2)14(20,21)22/h3-5H,23H2,1-2H3,(H2,24,25,27,28,29). The number of hydrogen-bond acceptors (Lipinski definition) is 7. The number of aromatic nitrogens is 4. The lowest BCUT2D eigenvalue weighted by atomic mass is 10.3. The van der Waals surface area contributed by atoms with E-state index in [1.54, 1.807) is 0 Å². The van der Waals surface area contributed by atoms with Crippen molar-refractivity contribution >= 4 is 40.8 Å². The number of alkyl halides is 6. The maximum atomic E-state index is 12.8. The highest BCUT2D eigenvalue weighted by Gasteiger charge is 2.38. The lowest BCUT2D eigenvalue weighted by Crippen LogP contribution is -2.35. The molecule has 0 bridgehead atoms. The average Bonchev–Trinajstić information content (AvgIpc) is 2.57. The minimum atomic E-state index is -4.66. The second kappa shape index (κ2) is 8.22. The van der Waals surface area contributed by atoms with Gasteiger partial charge in [0.1, 0.15) is 17.8 Å². The van der Waals surface area contributed by atoms with Gasteiger partial charge in [-0.25, -0.2) is 4.98 Å². The van der Waals surface area contributed by atoms with Gasteiger partial charge >= 0.3 is 12.4 Å². The first-order chi connectivity index (χ1) is 13.2. The van der Waals surface area contributed by atoms with Crippen molar-refractivity contribution in [2.45, 2.75) is 38.3 Å². The molecular weight excluding hydrogens is 451 g/mol. The van der Waals surface area contributed by atoms with Crippen molar-refractivity contribution in [1.29, 1.82) is 0 Å². The Bertz CT molecular complexity index is 826. The van der Waals surface area contributed by atoms with E-state index < -0.39 is 36.3 Å². The molecule has 0 saturated carbocycles. The first kappa shape index (κ1) is 23.0. The first-order valence-electron chi connectivity index (χ1n) is 7.73. The zero-order valence-corrected chi connectivity index (χ0v) is 16.1. The van der Waals surface area contributed by atoms with Gasteiger partial charge in [0, 0.05) is 0 Å². The number of halogens is 8. The summed E-state index contributed by atoms with van der Waals surface area (Å²) in [6.07, 6.45) is -9.32. The summed E-state index contributed by atoms with van der Waals surface area (Å²) in [5.74, 6) is -1.65. The van der Waals surface area contributed by atoms with Crippen molar-refractivity contribution in [3.05, 3.63) is 16.2 Å². The molecule has 2 aromatic heterocycles. The second-order valence-corrected chi connectivity index (χ2v) is 6.58. The highest BCUT2D eigenvalue weighted by Crippen LogP contribution is 2.31. The van der Waals surface area contributed by atoms with Crippen LogP contribution in [0.1, 0.15) is 13.8 Å². The number of nitrogens with two attached hydrogens (primary N) is 1. The van der Waals surface area contributed by atoms with Gasteiger partial charge in [-0.1, -0.05) is 23.2 Å². The number of anilines is 3. The molecule has 0 aliphatic heterocycles. The summed E-state index contributed by atoms with van der Waals surface area (Å²) >= 11 is 11.7. The van der Waals surface area contributed by atoms with Crippen molar-refractivity contribution in [2.75, 3.05) is 16.4 Å². The highest BCUT2D eigenvalue weighted by molar-refractivity contribution is 6.38. The number of nitrogens with zero attached hydrogens (tertiary/aromatic N) is 4. The highest BCUT2D eigenvalue weighted by atomic mass is 35.5. The van der Waals surface area contributed by atoms with Crippen LogP contribution in [-0.2, 0) is 0 Å². The number of rotatable bonds is 5. The van der Waals surface area contributed by atoms with Gasteiger partial charge in [0.05, 0.1) is 10.7 Å². The van der Waals surface area contributed by atoms with Gasteiger partial charge in [0.15, 0.2) is 11.0 Å². The Morgan fingerprint density at radius 1 is 0.862 bits per heavy atom. The van der Waals surface area contributed by atoms with E-state index in [9.17, 15) is 26.3 Å². The molecule has 15 heteroatoms. The summed E-state index contributed by atoms with van der Waals surface area (Å²) in [4.78, 5) is 14.9. The fourth-order valence-electron chi connectivity index (χ4n) is 1.78. The molecule has 2 unspecified atom stereocenters. The van der Waals surface area contributed by atoms with E-state index in [0.29, 0.717) is 0 Å². The zero-order valence-electron chi connectivity index (χ0n) is 14.6. The van der Waals surface area contributed by atoms with Crippen molar-refractivity contribution in [2.24, 2.45) is 0 Å². The third kappa shape index (κ3) is 5.85. The molecule has 0 radical (unpaired) electrons. The minimum absolute atomic E-state index is 0.0586. The Labute approximate surface area is 170 Å². The molecule has 0 saturated heterocycles. The minimum Gasteiger partial charge on any atom is -0.395 e. The van der Waals surface area contributed by atoms with Gasteiger partial charge in [-0.3, -0.25) is 0 Å². The predicted octanol–water partition coefficient (Wildman–Crippen LogP) is 4.55. The summed E-state index contributed by atoms with van der Waals surface area (Å²) in [5.41, 5.74) is 5.35. The Balaban J connectivity index is 2.52. The molecule has 0 aliphatic carbocycles. The molecule has 7 nitrogen and oxygen atoms in total. The molecule has 2 rings (SSSR count). The van der Waals surface area contributed by atoms with Crippen LogP contribution in [0.2, 0.25) is 10.2 Å². The van der Waals surface area contributed by atoms with E-state index in [1.807, 2.05) is 10.6 Å². The maximum absolute atomic E-state index is 12.8. The smallest absolute Gasteiger partial charge is 0.395 e. The van der Waals surface area contributed by atoms with Crippen molar-refractivity contribution < 1.29 is 26.3 Å². The Morgan fingerprint density at radius 2 is 1.31 bits per heavy atom. The largest absolute Gasteiger partial charge is 0.408 e. The van der Waals surface area contributed by atoms with Crippen molar-refractivity contribution in [3.63, 3.8) is 0 Å². The Hall–Kier alpha value is -2.28. The molecule has 0 aliphatic rings. The summed E-state index contributed by atoms with van der Waals surface area (Å²) < 4.78 is 76.9. The van der Waals surface area contributed by atoms with E-state index in [0.717, 1.165) is 19.9 Å². The normalized spacial score (nSPS) is 14.4. The first-order valence-corrected chi connectivity index (χ1v) is 8.48. The molecule has 29 heavy (non-hydrogen) atoms. The van der Waals surface area contributed by atoms with Crippen molar-refractivity contribution in [3.8, 4) is 11.5 Å². The summed E-state index contributed by atoms with van der Waals surface area (Å²) in [6.45, 7) is 1.56. The number of nitrogen functional groups attached to an aromatic ring is 1. The molecule has 2 aromatic rings. The van der Waals surface area contributed by atoms with Crippen LogP contribution in [0.15, 0.2) is 6.07 Å². The van der Waals surface area contributed by atoms with Gasteiger partial charge in [-0.15, -0.1) is 0 Å². The molecular formula is C14H13Cl2F6N7. The van der Waals surface area contributed by atoms with E-state index in [2.05, 4.69) is 19.9 Å². The summed E-state index contributed by atoms with van der Waals surface area (Å²) in [6, 6.07) is -3.04. The SMILES string of the molecule is CC(Nc1nc(NC(C)C(F)(F)F)nc(-c2cc(Cl)c(N)c(Cl)n2)n1)C(F)(F)F. The molecule has 2 atom stereocenters. The number of nitrogens with one attached hydrogen (secondary N) is 2. The van der Waals surface area contributed by atoms with Gasteiger partial charge in [0.25, 0.3) is 0 Å². The predicted molar refractivity (Wildman–Crippen MR) is 95.8 cm³/mol. The van der Waals surface area contributed by atoms with Crippen LogP contribution in [0.3, 0.4) is 0 Å². The third-order valence-corrected chi connectivity index (χ3v) is 4.10. The van der Waals surface area contributed by atoms with Crippen molar-refractivity contribution in [1.82, 2.24) is 19.9 Å². The molecule has 0 amide bonds. The number of pyridine rings is 1. The van der Waals surface area contributed by atoms with Crippen LogP contribution in [0.4, 0.5) is 43.9 Å². The van der Waals surface area contributed by atoms with Gasteiger partial charge < -0.3 is 16.4 Å². The monoisotopic (exact) mass is 463 g/mol. The topological polar surface area (TPSA) is 102 Å². The Morgan fingerprint density at radius 3 is 1.69 bits per heavy atom. The fourth-order valence-corrected chi connectivity index (χ4v) is 2.21. The molecule has 0 fully saturated rings. The zero-order chi connectivity index (χ0) is 22.1. The molecule has 4 N–H and O–H groups in total. The quantitative estimate of drug-likeness (QED) is 0.441. The maximum Gasteiger partial charge on any atom is 0.408 e. The van der Waals surface area contributed by atoms with E-state index in [4.69, 9.17) is 28.9 Å². The lowest BCUT2D eigenvalue weighted by molar-refractivity contribution is -0.139. The third-order valence-electron chi connectivity index (χ3n) is 3.50. The molecule has 0 aromatic carbocycles. The van der Waals surface area contributed by atoms with Gasteiger partial charge in [0.2, 0.25) is 11.9 Å². The Kier molecular flexibility index (Phi) is 6.52. The van der Waals surface area contributed by atoms with Crippen LogP contribution in [-0.4, -0.2) is 44.4 Å². The molecule has 160 valence electrons. The molecule has 0 spiro atoms. The number of hydrogen-bond donors (Lipinski definition) is 3. The fraction of sp³-hybridized carbons (Fsp3) is 0.429. The van der Waals surface area contributed by atoms with E-state index >= 15 is 0 Å². The average molecular weight is 464 g/mol. The lowest BCUT2D eigenvalue weighted by Gasteiger charge is -2.20. The van der Waals surface area contributed by atoms with Crippen LogP contribution < -0.4 is 16.4 Å². The molecule has 2 heterocycles. The van der Waals surface area contributed by atoms with Crippen LogP contribution in [0.25, 0.3) is 11.5 Å². The van der Waals surface area contributed by atoms with Crippen LogP contribution in [0, 0.1) is 0 Å². The van der Waals surface area contributed by atoms with Crippen LogP contribution >= 0.6 is 23.2 Å². The van der Waals surface area contributed by atoms with E-state index in [-0.39, 0.29) is 27.4 Å². The van der Waals surface area contributed by atoms with E-state index in [1.165, 1.54) is 0 Å². The summed E-state index contributed by atoms with van der Waals surface area (Å²) in [7, 11) is 0.